The topological polar surface area (TPSA) is 58.4 Å². The highest BCUT2D eigenvalue weighted by Gasteiger charge is 2.19. The molecule has 1 aliphatic rings. The lowest BCUT2D eigenvalue weighted by molar-refractivity contribution is -0.120. The number of hydrogen-bond donors (Lipinski definition) is 2. The molecule has 1 aromatic rings. The molecule has 104 valence electrons. The molecule has 2 rings (SSSR count). The minimum Gasteiger partial charge on any atom is -0.355 e. The van der Waals surface area contributed by atoms with Crippen molar-refractivity contribution in [3.8, 4) is 0 Å². The molecule has 0 unspecified atom stereocenters. The summed E-state index contributed by atoms with van der Waals surface area (Å²) >= 11 is 0. The number of carbonyl (C=O) groups is 1. The van der Waals surface area contributed by atoms with Crippen molar-refractivity contribution in [1.29, 1.82) is 0 Å². The summed E-state index contributed by atoms with van der Waals surface area (Å²) in [6, 6.07) is 10.6. The van der Waals surface area contributed by atoms with Gasteiger partial charge in [-0.2, -0.15) is 0 Å². The molecule has 1 fully saturated rings. The molecular weight excluding hydrogens is 238 g/mol. The number of carbonyl (C=O) groups excluding carboxylic acids is 1. The molecule has 0 saturated carbocycles. The van der Waals surface area contributed by atoms with Gasteiger partial charge in [-0.1, -0.05) is 30.3 Å². The normalized spacial score (nSPS) is 17.3. The highest BCUT2D eigenvalue weighted by atomic mass is 16.1. The Bertz CT molecular complexity index is 386. The van der Waals surface area contributed by atoms with Crippen LogP contribution in [-0.4, -0.2) is 37.0 Å². The molecule has 0 aromatic heterocycles. The Morgan fingerprint density at radius 3 is 2.58 bits per heavy atom. The van der Waals surface area contributed by atoms with Crippen LogP contribution < -0.4 is 11.1 Å². The van der Waals surface area contributed by atoms with E-state index in [1.807, 2.05) is 0 Å². The molecule has 1 aromatic carbocycles. The third kappa shape index (κ3) is 4.65. The highest BCUT2D eigenvalue weighted by molar-refractivity contribution is 5.77. The van der Waals surface area contributed by atoms with Crippen LogP contribution in [0, 0.1) is 5.92 Å². The number of piperidine rings is 1. The van der Waals surface area contributed by atoms with Crippen LogP contribution in [0.25, 0.3) is 0 Å². The highest BCUT2D eigenvalue weighted by Crippen LogP contribution is 2.18. The van der Waals surface area contributed by atoms with E-state index in [9.17, 15) is 4.79 Å². The molecule has 1 aliphatic heterocycles. The van der Waals surface area contributed by atoms with Crippen molar-refractivity contribution in [3.63, 3.8) is 0 Å². The number of hydrogen-bond acceptors (Lipinski definition) is 3. The van der Waals surface area contributed by atoms with Crippen molar-refractivity contribution in [2.75, 3.05) is 26.2 Å². The minimum absolute atomic E-state index is 0.0493. The fourth-order valence-electron chi connectivity index (χ4n) is 2.52. The second-order valence-electron chi connectivity index (χ2n) is 5.21. The van der Waals surface area contributed by atoms with E-state index in [0.29, 0.717) is 5.92 Å². The fourth-order valence-corrected chi connectivity index (χ4v) is 2.52. The van der Waals surface area contributed by atoms with E-state index in [1.165, 1.54) is 5.56 Å². The Kier molecular flexibility index (Phi) is 5.36. The molecule has 0 aliphatic carbocycles. The summed E-state index contributed by atoms with van der Waals surface area (Å²) in [6.07, 6.45) is 2.30. The van der Waals surface area contributed by atoms with E-state index in [0.717, 1.165) is 39.0 Å². The van der Waals surface area contributed by atoms with Crippen LogP contribution in [0.3, 0.4) is 0 Å². The van der Waals surface area contributed by atoms with Gasteiger partial charge in [-0.3, -0.25) is 9.69 Å². The maximum absolute atomic E-state index is 11.1. The Labute approximate surface area is 115 Å². The average Bonchev–Trinajstić information content (AvgIpc) is 2.47. The first-order valence-corrected chi connectivity index (χ1v) is 7.01. The van der Waals surface area contributed by atoms with E-state index in [1.54, 1.807) is 0 Å². The van der Waals surface area contributed by atoms with Gasteiger partial charge in [-0.05, 0) is 37.4 Å². The maximum atomic E-state index is 11.1. The number of nitrogens with two attached hydrogens (primary N) is 1. The first-order valence-electron chi connectivity index (χ1n) is 7.01. The van der Waals surface area contributed by atoms with Crippen molar-refractivity contribution in [2.24, 2.45) is 11.7 Å². The lowest BCUT2D eigenvalue weighted by Gasteiger charge is -2.32. The van der Waals surface area contributed by atoms with E-state index >= 15 is 0 Å². The van der Waals surface area contributed by atoms with Crippen LogP contribution in [0.5, 0.6) is 0 Å². The van der Waals surface area contributed by atoms with Gasteiger partial charge in [0.25, 0.3) is 0 Å². The average molecular weight is 261 g/mol. The third-order valence-electron chi connectivity index (χ3n) is 3.73. The second-order valence-corrected chi connectivity index (χ2v) is 5.21. The van der Waals surface area contributed by atoms with Gasteiger partial charge in [0.2, 0.25) is 5.91 Å². The molecule has 0 radical (unpaired) electrons. The quantitative estimate of drug-likeness (QED) is 0.830. The van der Waals surface area contributed by atoms with E-state index < -0.39 is 0 Å². The van der Waals surface area contributed by atoms with Gasteiger partial charge in [-0.15, -0.1) is 0 Å². The first-order chi connectivity index (χ1) is 9.28. The third-order valence-corrected chi connectivity index (χ3v) is 3.73. The maximum Gasteiger partial charge on any atom is 0.233 e. The van der Waals surface area contributed by atoms with Crippen molar-refractivity contribution in [1.82, 2.24) is 10.2 Å². The van der Waals surface area contributed by atoms with Crippen molar-refractivity contribution in [3.05, 3.63) is 35.9 Å². The molecule has 4 nitrogen and oxygen atoms in total. The first kappa shape index (κ1) is 14.0. The molecule has 1 amide bonds. The Morgan fingerprint density at radius 1 is 1.26 bits per heavy atom. The predicted molar refractivity (Wildman–Crippen MR) is 76.5 cm³/mol. The molecule has 19 heavy (non-hydrogen) atoms. The molecule has 1 heterocycles. The smallest absolute Gasteiger partial charge is 0.233 e. The summed E-state index contributed by atoms with van der Waals surface area (Å²) in [5, 5.41) is 2.88. The minimum atomic E-state index is -0.0493. The van der Waals surface area contributed by atoms with Gasteiger partial charge < -0.3 is 11.1 Å². The standard InChI is InChI=1S/C15H23N3O/c16-10-15(19)17-11-13-6-8-18(9-7-13)12-14-4-2-1-3-5-14/h1-5,13H,6-12,16H2,(H,17,19). The number of rotatable bonds is 5. The number of likely N-dealkylation sites (tertiary alicyclic amines) is 1. The van der Waals surface area contributed by atoms with Crippen molar-refractivity contribution >= 4 is 5.91 Å². The van der Waals surface area contributed by atoms with Gasteiger partial charge in [0.15, 0.2) is 0 Å². The fraction of sp³-hybridized carbons (Fsp3) is 0.533. The number of nitrogens with zero attached hydrogens (tertiary/aromatic N) is 1. The lowest BCUT2D eigenvalue weighted by Crippen LogP contribution is -2.39. The molecular formula is C15H23N3O. The summed E-state index contributed by atoms with van der Waals surface area (Å²) in [6.45, 7) is 4.11. The molecule has 1 saturated heterocycles. The van der Waals surface area contributed by atoms with Crippen LogP contribution in [0.1, 0.15) is 18.4 Å². The van der Waals surface area contributed by atoms with Gasteiger partial charge in [-0.25, -0.2) is 0 Å². The molecule has 3 N–H and O–H groups in total. The summed E-state index contributed by atoms with van der Waals surface area (Å²) in [7, 11) is 0. The molecule has 0 spiro atoms. The summed E-state index contributed by atoms with van der Waals surface area (Å²) in [5.41, 5.74) is 6.65. The van der Waals surface area contributed by atoms with Crippen LogP contribution in [-0.2, 0) is 11.3 Å². The zero-order valence-corrected chi connectivity index (χ0v) is 11.3. The molecule has 0 atom stereocenters. The van der Waals surface area contributed by atoms with Gasteiger partial charge in [0, 0.05) is 13.1 Å². The largest absolute Gasteiger partial charge is 0.355 e. The van der Waals surface area contributed by atoms with E-state index in [-0.39, 0.29) is 12.5 Å². The summed E-state index contributed by atoms with van der Waals surface area (Å²) in [5.74, 6) is 0.550. The number of amides is 1. The summed E-state index contributed by atoms with van der Waals surface area (Å²) in [4.78, 5) is 13.6. The number of nitrogens with one attached hydrogen (secondary N) is 1. The van der Waals surface area contributed by atoms with Crippen LogP contribution in [0.15, 0.2) is 30.3 Å². The zero-order valence-electron chi connectivity index (χ0n) is 11.3. The van der Waals surface area contributed by atoms with E-state index in [2.05, 4.69) is 40.5 Å². The van der Waals surface area contributed by atoms with Gasteiger partial charge in [0.05, 0.1) is 6.54 Å². The van der Waals surface area contributed by atoms with Gasteiger partial charge >= 0.3 is 0 Å². The SMILES string of the molecule is NCC(=O)NCC1CCN(Cc2ccccc2)CC1. The van der Waals surface area contributed by atoms with E-state index in [4.69, 9.17) is 5.73 Å². The van der Waals surface area contributed by atoms with Crippen molar-refractivity contribution < 1.29 is 4.79 Å². The molecule has 4 heteroatoms. The van der Waals surface area contributed by atoms with Crippen molar-refractivity contribution in [2.45, 2.75) is 19.4 Å². The zero-order chi connectivity index (χ0) is 13.5. The Morgan fingerprint density at radius 2 is 1.95 bits per heavy atom. The van der Waals surface area contributed by atoms with Crippen LogP contribution in [0.2, 0.25) is 0 Å². The van der Waals surface area contributed by atoms with Gasteiger partial charge in [0.1, 0.15) is 0 Å². The lowest BCUT2D eigenvalue weighted by atomic mass is 9.96. The summed E-state index contributed by atoms with van der Waals surface area (Å²) < 4.78 is 0. The second kappa shape index (κ2) is 7.26. The number of benzene rings is 1. The Hall–Kier alpha value is -1.39. The predicted octanol–water partition coefficient (Wildman–Crippen LogP) is 0.974. The van der Waals surface area contributed by atoms with Crippen LogP contribution in [0.4, 0.5) is 0 Å². The molecule has 0 bridgehead atoms. The van der Waals surface area contributed by atoms with Crippen LogP contribution >= 0.6 is 0 Å². The monoisotopic (exact) mass is 261 g/mol. The Balaban J connectivity index is 1.69.